The minimum absolute atomic E-state index is 0.0561. The number of nitrogens with zero attached hydrogens (tertiary/aromatic N) is 2. The maximum atomic E-state index is 11.9. The molecule has 2 unspecified atom stereocenters. The van der Waals surface area contributed by atoms with E-state index in [2.05, 4.69) is 24.2 Å². The number of rotatable bonds is 4. The first-order valence-corrected chi connectivity index (χ1v) is 7.21. The van der Waals surface area contributed by atoms with Gasteiger partial charge in [0.2, 0.25) is 0 Å². The van der Waals surface area contributed by atoms with Crippen LogP contribution in [0.25, 0.3) is 0 Å². The summed E-state index contributed by atoms with van der Waals surface area (Å²) in [5.41, 5.74) is 0.443. The Morgan fingerprint density at radius 3 is 3.00 bits per heavy atom. The number of carbonyl (C=O) groups excluding carboxylic acids is 1. The van der Waals surface area contributed by atoms with E-state index in [-0.39, 0.29) is 18.6 Å². The normalized spacial score (nSPS) is 22.3. The van der Waals surface area contributed by atoms with Gasteiger partial charge in [-0.2, -0.15) is 5.26 Å². The number of hydrogen-bond acceptors (Lipinski definition) is 4. The van der Waals surface area contributed by atoms with E-state index < -0.39 is 0 Å². The van der Waals surface area contributed by atoms with Crippen molar-refractivity contribution in [2.24, 2.45) is 0 Å². The Labute approximate surface area is 125 Å². The number of nitrogens with one attached hydrogen (secondary N) is 1. The van der Waals surface area contributed by atoms with Crippen molar-refractivity contribution in [2.75, 3.05) is 20.2 Å². The van der Waals surface area contributed by atoms with Crippen molar-refractivity contribution < 1.29 is 9.53 Å². The molecule has 1 fully saturated rings. The SMILES string of the molecule is CC1CC(NC(=O)COc2ccccc2C#N)CCN1C. The summed E-state index contributed by atoms with van der Waals surface area (Å²) in [6.45, 7) is 3.10. The molecule has 112 valence electrons. The van der Waals surface area contributed by atoms with Crippen molar-refractivity contribution >= 4 is 5.91 Å². The lowest BCUT2D eigenvalue weighted by Gasteiger charge is -2.35. The number of amides is 1. The molecule has 0 aromatic heterocycles. The third-order valence-corrected chi connectivity index (χ3v) is 3.94. The lowest BCUT2D eigenvalue weighted by atomic mass is 9.99. The number of carbonyl (C=O) groups is 1. The molecule has 1 saturated heterocycles. The summed E-state index contributed by atoms with van der Waals surface area (Å²) in [7, 11) is 2.10. The molecule has 0 spiro atoms. The highest BCUT2D eigenvalue weighted by atomic mass is 16.5. The number of nitriles is 1. The molecule has 21 heavy (non-hydrogen) atoms. The van der Waals surface area contributed by atoms with Crippen molar-refractivity contribution in [3.05, 3.63) is 29.8 Å². The predicted octanol–water partition coefficient (Wildman–Crippen LogP) is 1.54. The van der Waals surface area contributed by atoms with E-state index in [9.17, 15) is 4.79 Å². The summed E-state index contributed by atoms with van der Waals surface area (Å²) < 4.78 is 5.43. The zero-order valence-electron chi connectivity index (χ0n) is 12.5. The average Bonchev–Trinajstić information content (AvgIpc) is 2.49. The molecule has 1 heterocycles. The largest absolute Gasteiger partial charge is 0.482 e. The Hall–Kier alpha value is -2.06. The monoisotopic (exact) mass is 287 g/mol. The Morgan fingerprint density at radius 2 is 2.29 bits per heavy atom. The van der Waals surface area contributed by atoms with E-state index in [0.29, 0.717) is 17.4 Å². The molecular weight excluding hydrogens is 266 g/mol. The third kappa shape index (κ3) is 4.20. The second-order valence-electron chi connectivity index (χ2n) is 5.52. The number of likely N-dealkylation sites (tertiary alicyclic amines) is 1. The molecular formula is C16H21N3O2. The Morgan fingerprint density at radius 1 is 1.52 bits per heavy atom. The van der Waals surface area contributed by atoms with E-state index in [4.69, 9.17) is 10.00 Å². The Kier molecular flexibility index (Phi) is 5.18. The first-order chi connectivity index (χ1) is 10.1. The van der Waals surface area contributed by atoms with E-state index in [1.807, 2.05) is 6.07 Å². The van der Waals surface area contributed by atoms with Gasteiger partial charge in [-0.3, -0.25) is 4.79 Å². The van der Waals surface area contributed by atoms with Crippen molar-refractivity contribution in [2.45, 2.75) is 31.8 Å². The molecule has 0 radical (unpaired) electrons. The molecule has 2 rings (SSSR count). The third-order valence-electron chi connectivity index (χ3n) is 3.94. The van der Waals surface area contributed by atoms with Gasteiger partial charge in [0.05, 0.1) is 5.56 Å². The van der Waals surface area contributed by atoms with Crippen LogP contribution in [0.4, 0.5) is 0 Å². The summed E-state index contributed by atoms with van der Waals surface area (Å²) in [6.07, 6.45) is 1.92. The van der Waals surface area contributed by atoms with Gasteiger partial charge in [-0.25, -0.2) is 0 Å². The standard InChI is InChI=1S/C16H21N3O2/c1-12-9-14(7-8-19(12)2)18-16(20)11-21-15-6-4-3-5-13(15)10-17/h3-6,12,14H,7-9,11H2,1-2H3,(H,18,20). The summed E-state index contributed by atoms with van der Waals surface area (Å²) in [5, 5.41) is 12.0. The maximum absolute atomic E-state index is 11.9. The molecule has 0 aliphatic carbocycles. The molecule has 0 saturated carbocycles. The maximum Gasteiger partial charge on any atom is 0.258 e. The molecule has 5 nitrogen and oxygen atoms in total. The van der Waals surface area contributed by atoms with Gasteiger partial charge >= 0.3 is 0 Å². The van der Waals surface area contributed by atoms with Crippen molar-refractivity contribution in [1.82, 2.24) is 10.2 Å². The number of hydrogen-bond donors (Lipinski definition) is 1. The van der Waals surface area contributed by atoms with Crippen LogP contribution >= 0.6 is 0 Å². The molecule has 1 aromatic rings. The van der Waals surface area contributed by atoms with Crippen LogP contribution in [0.5, 0.6) is 5.75 Å². The van der Waals surface area contributed by atoms with E-state index >= 15 is 0 Å². The van der Waals surface area contributed by atoms with Crippen molar-refractivity contribution in [1.29, 1.82) is 5.26 Å². The van der Waals surface area contributed by atoms with Crippen LogP contribution in [0.3, 0.4) is 0 Å². The minimum atomic E-state index is -0.135. The number of para-hydroxylation sites is 1. The number of ether oxygens (including phenoxy) is 1. The number of piperidine rings is 1. The Bertz CT molecular complexity index is 539. The van der Waals surface area contributed by atoms with Crippen LogP contribution in [0.15, 0.2) is 24.3 Å². The van der Waals surface area contributed by atoms with Gasteiger partial charge in [-0.15, -0.1) is 0 Å². The van der Waals surface area contributed by atoms with Gasteiger partial charge < -0.3 is 15.0 Å². The van der Waals surface area contributed by atoms with Gasteiger partial charge in [0.1, 0.15) is 11.8 Å². The smallest absolute Gasteiger partial charge is 0.258 e. The lowest BCUT2D eigenvalue weighted by molar-refractivity contribution is -0.124. The molecule has 1 aliphatic heterocycles. The molecule has 1 amide bonds. The van der Waals surface area contributed by atoms with Crippen LogP contribution in [0, 0.1) is 11.3 Å². The van der Waals surface area contributed by atoms with E-state index in [1.54, 1.807) is 24.3 Å². The van der Waals surface area contributed by atoms with Gasteiger partial charge in [0, 0.05) is 18.6 Å². The van der Waals surface area contributed by atoms with Crippen LogP contribution in [-0.4, -0.2) is 43.1 Å². The fourth-order valence-corrected chi connectivity index (χ4v) is 2.52. The molecule has 1 aromatic carbocycles. The summed E-state index contributed by atoms with van der Waals surface area (Å²) >= 11 is 0. The van der Waals surface area contributed by atoms with Crippen molar-refractivity contribution in [3.63, 3.8) is 0 Å². The van der Waals surface area contributed by atoms with Gasteiger partial charge in [-0.1, -0.05) is 12.1 Å². The summed E-state index contributed by atoms with van der Waals surface area (Å²) in [4.78, 5) is 14.2. The van der Waals surface area contributed by atoms with Gasteiger partial charge in [-0.05, 0) is 38.9 Å². The van der Waals surface area contributed by atoms with Gasteiger partial charge in [0.15, 0.2) is 6.61 Å². The topological polar surface area (TPSA) is 65.4 Å². The molecule has 1 N–H and O–H groups in total. The highest BCUT2D eigenvalue weighted by Gasteiger charge is 2.23. The zero-order valence-corrected chi connectivity index (χ0v) is 12.5. The first kappa shape index (κ1) is 15.3. The quantitative estimate of drug-likeness (QED) is 0.912. The molecule has 1 aliphatic rings. The van der Waals surface area contributed by atoms with Crippen LogP contribution < -0.4 is 10.1 Å². The fraction of sp³-hybridized carbons (Fsp3) is 0.500. The highest BCUT2D eigenvalue weighted by Crippen LogP contribution is 2.17. The summed E-state index contributed by atoms with van der Waals surface area (Å²) in [5.74, 6) is 0.316. The predicted molar refractivity (Wildman–Crippen MR) is 79.9 cm³/mol. The molecule has 0 bridgehead atoms. The fourth-order valence-electron chi connectivity index (χ4n) is 2.52. The Balaban J connectivity index is 1.81. The van der Waals surface area contributed by atoms with Gasteiger partial charge in [0.25, 0.3) is 5.91 Å². The number of benzene rings is 1. The van der Waals surface area contributed by atoms with Crippen LogP contribution in [0.2, 0.25) is 0 Å². The molecule has 5 heteroatoms. The second kappa shape index (κ2) is 7.09. The first-order valence-electron chi connectivity index (χ1n) is 7.21. The average molecular weight is 287 g/mol. The molecule has 2 atom stereocenters. The summed E-state index contributed by atoms with van der Waals surface area (Å²) in [6, 6.07) is 9.66. The van der Waals surface area contributed by atoms with E-state index in [0.717, 1.165) is 19.4 Å². The van der Waals surface area contributed by atoms with Crippen molar-refractivity contribution in [3.8, 4) is 11.8 Å². The zero-order chi connectivity index (χ0) is 15.2. The van der Waals surface area contributed by atoms with Crippen LogP contribution in [-0.2, 0) is 4.79 Å². The second-order valence-corrected chi connectivity index (χ2v) is 5.52. The van der Waals surface area contributed by atoms with Crippen LogP contribution in [0.1, 0.15) is 25.3 Å². The minimum Gasteiger partial charge on any atom is -0.482 e. The van der Waals surface area contributed by atoms with E-state index in [1.165, 1.54) is 0 Å². The highest BCUT2D eigenvalue weighted by molar-refractivity contribution is 5.78. The lowest BCUT2D eigenvalue weighted by Crippen LogP contribution is -2.48.